The van der Waals surface area contributed by atoms with E-state index in [0.717, 1.165) is 6.29 Å². The number of benzene rings is 1. The summed E-state index contributed by atoms with van der Waals surface area (Å²) in [5, 5.41) is 8.52. The highest BCUT2D eigenvalue weighted by Gasteiger charge is 2.00. The molecule has 14 heavy (non-hydrogen) atoms. The van der Waals surface area contributed by atoms with Gasteiger partial charge < -0.3 is 4.74 Å². The van der Waals surface area contributed by atoms with Crippen LogP contribution in [0.5, 0.6) is 5.75 Å². The lowest BCUT2D eigenvalue weighted by Gasteiger charge is -2.06. The Morgan fingerprint density at radius 1 is 1.50 bits per heavy atom. The molecule has 1 aromatic rings. The van der Waals surface area contributed by atoms with Gasteiger partial charge in [-0.2, -0.15) is 5.26 Å². The van der Waals surface area contributed by atoms with Crippen molar-refractivity contribution >= 4 is 6.29 Å². The molecule has 0 N–H and O–H groups in total. The van der Waals surface area contributed by atoms with Crippen LogP contribution in [-0.4, -0.2) is 12.9 Å². The molecule has 0 heterocycles. The number of hydrogen-bond donors (Lipinski definition) is 0. The molecule has 0 saturated heterocycles. The molecule has 72 valence electrons. The SMILES string of the molecule is CC(C#N)COc1ccc(C=O)cc1. The van der Waals surface area contributed by atoms with Crippen LogP contribution in [0.4, 0.5) is 0 Å². The molecule has 0 aliphatic heterocycles. The van der Waals surface area contributed by atoms with Crippen molar-refractivity contribution < 1.29 is 9.53 Å². The Bertz CT molecular complexity index is 337. The zero-order valence-corrected chi connectivity index (χ0v) is 7.93. The van der Waals surface area contributed by atoms with Crippen LogP contribution in [-0.2, 0) is 0 Å². The van der Waals surface area contributed by atoms with E-state index in [1.807, 2.05) is 0 Å². The van der Waals surface area contributed by atoms with Gasteiger partial charge in [0.15, 0.2) is 0 Å². The molecule has 0 radical (unpaired) electrons. The highest BCUT2D eigenvalue weighted by atomic mass is 16.5. The Balaban J connectivity index is 2.52. The Labute approximate surface area is 82.9 Å². The van der Waals surface area contributed by atoms with Crippen molar-refractivity contribution in [2.24, 2.45) is 5.92 Å². The summed E-state index contributed by atoms with van der Waals surface area (Å²) in [5.74, 6) is 0.554. The summed E-state index contributed by atoms with van der Waals surface area (Å²) in [6.07, 6.45) is 0.779. The number of ether oxygens (including phenoxy) is 1. The molecule has 3 heteroatoms. The van der Waals surface area contributed by atoms with Crippen molar-refractivity contribution in [1.82, 2.24) is 0 Å². The monoisotopic (exact) mass is 189 g/mol. The van der Waals surface area contributed by atoms with Gasteiger partial charge in [0.2, 0.25) is 0 Å². The minimum absolute atomic E-state index is 0.124. The second kappa shape index (κ2) is 5.03. The molecule has 0 aromatic heterocycles. The fourth-order valence-corrected chi connectivity index (χ4v) is 0.901. The molecule has 1 rings (SSSR count). The second-order valence-electron chi connectivity index (χ2n) is 3.03. The number of carbonyl (C=O) groups is 1. The van der Waals surface area contributed by atoms with Crippen molar-refractivity contribution in [3.63, 3.8) is 0 Å². The minimum atomic E-state index is -0.124. The zero-order valence-electron chi connectivity index (χ0n) is 7.93. The average Bonchev–Trinajstić information content (AvgIpc) is 2.26. The fraction of sp³-hybridized carbons (Fsp3) is 0.273. The van der Waals surface area contributed by atoms with Crippen molar-refractivity contribution in [2.45, 2.75) is 6.92 Å². The van der Waals surface area contributed by atoms with E-state index in [0.29, 0.717) is 17.9 Å². The van der Waals surface area contributed by atoms with Crippen LogP contribution >= 0.6 is 0 Å². The van der Waals surface area contributed by atoms with Gasteiger partial charge in [0.25, 0.3) is 0 Å². The predicted octanol–water partition coefficient (Wildman–Crippen LogP) is 2.04. The molecule has 3 nitrogen and oxygen atoms in total. The summed E-state index contributed by atoms with van der Waals surface area (Å²) in [6, 6.07) is 8.87. The van der Waals surface area contributed by atoms with Crippen LogP contribution in [0, 0.1) is 17.2 Å². The maximum absolute atomic E-state index is 10.3. The Hall–Kier alpha value is -1.82. The normalized spacial score (nSPS) is 11.4. The Morgan fingerprint density at radius 2 is 2.14 bits per heavy atom. The quantitative estimate of drug-likeness (QED) is 0.681. The largest absolute Gasteiger partial charge is 0.492 e. The van der Waals surface area contributed by atoms with Crippen LogP contribution in [0.2, 0.25) is 0 Å². The van der Waals surface area contributed by atoms with Gasteiger partial charge in [-0.05, 0) is 31.2 Å². The molecule has 0 fully saturated rings. The van der Waals surface area contributed by atoms with Crippen LogP contribution < -0.4 is 4.74 Å². The van der Waals surface area contributed by atoms with Gasteiger partial charge >= 0.3 is 0 Å². The van der Waals surface area contributed by atoms with Gasteiger partial charge in [0.1, 0.15) is 18.6 Å². The van der Waals surface area contributed by atoms with Gasteiger partial charge in [-0.1, -0.05) is 0 Å². The van der Waals surface area contributed by atoms with Gasteiger partial charge in [0, 0.05) is 5.56 Å². The van der Waals surface area contributed by atoms with E-state index in [1.54, 1.807) is 31.2 Å². The van der Waals surface area contributed by atoms with Gasteiger partial charge in [-0.3, -0.25) is 4.79 Å². The average molecular weight is 189 g/mol. The standard InChI is InChI=1S/C11H11NO2/c1-9(6-12)8-14-11-4-2-10(7-13)3-5-11/h2-5,7,9H,8H2,1H3. The lowest BCUT2D eigenvalue weighted by molar-refractivity contribution is 0.112. The number of nitrogens with zero attached hydrogens (tertiary/aromatic N) is 1. The molecule has 1 atom stereocenters. The van der Waals surface area contributed by atoms with Crippen molar-refractivity contribution in [3.8, 4) is 11.8 Å². The van der Waals surface area contributed by atoms with E-state index in [1.165, 1.54) is 0 Å². The van der Waals surface area contributed by atoms with Crippen LogP contribution in [0.1, 0.15) is 17.3 Å². The number of nitriles is 1. The Morgan fingerprint density at radius 3 is 2.64 bits per heavy atom. The smallest absolute Gasteiger partial charge is 0.150 e. The predicted molar refractivity (Wildman–Crippen MR) is 52.1 cm³/mol. The maximum Gasteiger partial charge on any atom is 0.150 e. The minimum Gasteiger partial charge on any atom is -0.492 e. The van der Waals surface area contributed by atoms with Crippen molar-refractivity contribution in [2.75, 3.05) is 6.61 Å². The van der Waals surface area contributed by atoms with Crippen LogP contribution in [0.15, 0.2) is 24.3 Å². The summed E-state index contributed by atoms with van der Waals surface area (Å²) >= 11 is 0. The number of aldehydes is 1. The summed E-state index contributed by atoms with van der Waals surface area (Å²) in [6.45, 7) is 2.16. The summed E-state index contributed by atoms with van der Waals surface area (Å²) in [5.41, 5.74) is 0.616. The molecule has 0 aliphatic carbocycles. The van der Waals surface area contributed by atoms with E-state index >= 15 is 0 Å². The number of hydrogen-bond acceptors (Lipinski definition) is 3. The molecule has 1 unspecified atom stereocenters. The van der Waals surface area contributed by atoms with Crippen molar-refractivity contribution in [3.05, 3.63) is 29.8 Å². The van der Waals surface area contributed by atoms with Crippen LogP contribution in [0.25, 0.3) is 0 Å². The molecule has 0 spiro atoms. The number of carbonyl (C=O) groups excluding carboxylic acids is 1. The topological polar surface area (TPSA) is 50.1 Å². The third-order valence-corrected chi connectivity index (χ3v) is 1.74. The molecular weight excluding hydrogens is 178 g/mol. The van der Waals surface area contributed by atoms with Crippen LogP contribution in [0.3, 0.4) is 0 Å². The molecular formula is C11H11NO2. The molecule has 0 aliphatic rings. The first kappa shape index (κ1) is 10.3. The summed E-state index contributed by atoms with van der Waals surface area (Å²) < 4.78 is 5.32. The van der Waals surface area contributed by atoms with Gasteiger partial charge in [-0.15, -0.1) is 0 Å². The van der Waals surface area contributed by atoms with E-state index in [2.05, 4.69) is 6.07 Å². The molecule has 1 aromatic carbocycles. The van der Waals surface area contributed by atoms with Crippen molar-refractivity contribution in [1.29, 1.82) is 5.26 Å². The van der Waals surface area contributed by atoms with E-state index in [-0.39, 0.29) is 5.92 Å². The third kappa shape index (κ3) is 2.91. The highest BCUT2D eigenvalue weighted by Crippen LogP contribution is 2.11. The van der Waals surface area contributed by atoms with E-state index in [4.69, 9.17) is 10.00 Å². The van der Waals surface area contributed by atoms with Gasteiger partial charge in [-0.25, -0.2) is 0 Å². The highest BCUT2D eigenvalue weighted by molar-refractivity contribution is 5.74. The lowest BCUT2D eigenvalue weighted by atomic mass is 10.2. The lowest BCUT2D eigenvalue weighted by Crippen LogP contribution is -2.05. The fourth-order valence-electron chi connectivity index (χ4n) is 0.901. The zero-order chi connectivity index (χ0) is 10.4. The summed E-state index contributed by atoms with van der Waals surface area (Å²) in [7, 11) is 0. The van der Waals surface area contributed by atoms with Gasteiger partial charge in [0.05, 0.1) is 12.0 Å². The summed E-state index contributed by atoms with van der Waals surface area (Å²) in [4.78, 5) is 10.3. The van der Waals surface area contributed by atoms with E-state index in [9.17, 15) is 4.79 Å². The first-order valence-corrected chi connectivity index (χ1v) is 4.34. The molecule has 0 saturated carbocycles. The molecule has 0 amide bonds. The number of rotatable bonds is 4. The maximum atomic E-state index is 10.3. The van der Waals surface area contributed by atoms with E-state index < -0.39 is 0 Å². The second-order valence-corrected chi connectivity index (χ2v) is 3.03. The third-order valence-electron chi connectivity index (χ3n) is 1.74. The molecule has 0 bridgehead atoms. The first-order valence-electron chi connectivity index (χ1n) is 4.34. The Kier molecular flexibility index (Phi) is 3.69. The first-order chi connectivity index (χ1) is 6.76.